The van der Waals surface area contributed by atoms with Crippen molar-refractivity contribution in [3.63, 3.8) is 0 Å². The molecule has 1 aromatic heterocycles. The topological polar surface area (TPSA) is 71.4 Å². The Labute approximate surface area is 163 Å². The number of benzene rings is 2. The van der Waals surface area contributed by atoms with Crippen molar-refractivity contribution in [3.8, 4) is 0 Å². The van der Waals surface area contributed by atoms with Gasteiger partial charge < -0.3 is 4.57 Å². The summed E-state index contributed by atoms with van der Waals surface area (Å²) in [4.78, 5) is 38.5. The highest BCUT2D eigenvalue weighted by atomic mass is 79.9. The van der Waals surface area contributed by atoms with Crippen LogP contribution in [0, 0.1) is 0 Å². The maximum absolute atomic E-state index is 12.9. The summed E-state index contributed by atoms with van der Waals surface area (Å²) in [6.07, 6.45) is 3.37. The van der Waals surface area contributed by atoms with Crippen molar-refractivity contribution in [3.05, 3.63) is 70.3 Å². The summed E-state index contributed by atoms with van der Waals surface area (Å²) < 4.78 is 2.74. The molecule has 2 aromatic carbocycles. The maximum Gasteiger partial charge on any atom is 0.335 e. The molecule has 1 N–H and O–H groups in total. The number of amides is 4. The number of aryl methyl sites for hydroxylation is 1. The zero-order valence-corrected chi connectivity index (χ0v) is 15.9. The lowest BCUT2D eigenvalue weighted by Gasteiger charge is -2.26. The molecule has 7 heteroatoms. The fourth-order valence-corrected chi connectivity index (χ4v) is 3.39. The molecule has 27 heavy (non-hydrogen) atoms. The number of nitrogens with one attached hydrogen (secondary N) is 1. The van der Waals surface area contributed by atoms with Crippen LogP contribution in [0.3, 0.4) is 0 Å². The summed E-state index contributed by atoms with van der Waals surface area (Å²) in [7, 11) is 1.89. The van der Waals surface area contributed by atoms with Crippen molar-refractivity contribution < 1.29 is 14.4 Å². The van der Waals surface area contributed by atoms with Crippen LogP contribution in [-0.4, -0.2) is 22.4 Å². The number of para-hydroxylation sites is 1. The minimum atomic E-state index is -0.762. The van der Waals surface area contributed by atoms with Crippen LogP contribution in [0.2, 0.25) is 0 Å². The fraction of sp³-hybridized carbons (Fsp3) is 0.0500. The molecule has 1 aliphatic heterocycles. The Morgan fingerprint density at radius 3 is 2.44 bits per heavy atom. The van der Waals surface area contributed by atoms with Crippen molar-refractivity contribution in [2.45, 2.75) is 0 Å². The van der Waals surface area contributed by atoms with Gasteiger partial charge >= 0.3 is 6.03 Å². The van der Waals surface area contributed by atoms with E-state index in [9.17, 15) is 14.4 Å². The minimum Gasteiger partial charge on any atom is -0.350 e. The number of imide groups is 2. The van der Waals surface area contributed by atoms with Gasteiger partial charge in [0, 0.05) is 34.2 Å². The van der Waals surface area contributed by atoms with Gasteiger partial charge in [-0.1, -0.05) is 34.1 Å². The Kier molecular flexibility index (Phi) is 4.16. The first kappa shape index (κ1) is 17.2. The Bertz CT molecular complexity index is 1130. The number of hydrogen-bond donors (Lipinski definition) is 1. The van der Waals surface area contributed by atoms with Crippen LogP contribution in [0.5, 0.6) is 0 Å². The van der Waals surface area contributed by atoms with E-state index in [-0.39, 0.29) is 5.57 Å². The first-order valence-corrected chi connectivity index (χ1v) is 8.96. The second-order valence-corrected chi connectivity index (χ2v) is 7.06. The van der Waals surface area contributed by atoms with E-state index in [1.165, 1.54) is 6.08 Å². The number of carbonyl (C=O) groups is 3. The minimum absolute atomic E-state index is 0.0890. The fourth-order valence-electron chi connectivity index (χ4n) is 3.13. The summed E-state index contributed by atoms with van der Waals surface area (Å²) >= 11 is 3.32. The molecule has 1 fully saturated rings. The highest BCUT2D eigenvalue weighted by molar-refractivity contribution is 9.10. The second kappa shape index (κ2) is 6.51. The number of anilines is 1. The summed E-state index contributed by atoms with van der Waals surface area (Å²) in [6.45, 7) is 0. The molecule has 2 heterocycles. The highest BCUT2D eigenvalue weighted by Gasteiger charge is 2.36. The van der Waals surface area contributed by atoms with Crippen molar-refractivity contribution in [2.75, 3.05) is 4.90 Å². The number of barbiturate groups is 1. The predicted molar refractivity (Wildman–Crippen MR) is 106 cm³/mol. The monoisotopic (exact) mass is 423 g/mol. The van der Waals surface area contributed by atoms with Crippen LogP contribution < -0.4 is 10.2 Å². The predicted octanol–water partition coefficient (Wildman–Crippen LogP) is 3.61. The van der Waals surface area contributed by atoms with Gasteiger partial charge in [0.2, 0.25) is 0 Å². The third-order valence-electron chi connectivity index (χ3n) is 4.41. The average Bonchev–Trinajstić information content (AvgIpc) is 2.96. The number of carbonyl (C=O) groups excluding carboxylic acids is 3. The smallest absolute Gasteiger partial charge is 0.335 e. The normalized spacial score (nSPS) is 16.3. The first-order chi connectivity index (χ1) is 13.0. The van der Waals surface area contributed by atoms with Crippen molar-refractivity contribution in [2.24, 2.45) is 7.05 Å². The SMILES string of the molecule is Cn1cc(C=C2C(=O)NC(=O)N(c3ccc(Br)cc3)C2=O)c2ccccc21. The third-order valence-corrected chi connectivity index (χ3v) is 4.94. The Hall–Kier alpha value is -3.19. The van der Waals surface area contributed by atoms with Crippen molar-refractivity contribution >= 4 is 56.4 Å². The molecule has 134 valence electrons. The van der Waals surface area contributed by atoms with Gasteiger partial charge in [-0.15, -0.1) is 0 Å². The number of rotatable bonds is 2. The number of nitrogens with zero attached hydrogens (tertiary/aromatic N) is 2. The van der Waals surface area contributed by atoms with Gasteiger partial charge in [0.15, 0.2) is 0 Å². The lowest BCUT2D eigenvalue weighted by Crippen LogP contribution is -2.54. The summed E-state index contributed by atoms with van der Waals surface area (Å²) in [5.41, 5.74) is 2.01. The van der Waals surface area contributed by atoms with E-state index in [0.29, 0.717) is 5.69 Å². The van der Waals surface area contributed by atoms with E-state index in [1.807, 2.05) is 42.1 Å². The molecular weight excluding hydrogens is 410 g/mol. The van der Waals surface area contributed by atoms with E-state index >= 15 is 0 Å². The molecule has 0 spiro atoms. The molecule has 0 unspecified atom stereocenters. The first-order valence-electron chi connectivity index (χ1n) is 8.17. The van der Waals surface area contributed by atoms with E-state index in [2.05, 4.69) is 21.2 Å². The molecule has 0 atom stereocenters. The summed E-state index contributed by atoms with van der Waals surface area (Å²) in [6, 6.07) is 13.6. The van der Waals surface area contributed by atoms with Crippen LogP contribution >= 0.6 is 15.9 Å². The van der Waals surface area contributed by atoms with Crippen molar-refractivity contribution in [1.29, 1.82) is 0 Å². The second-order valence-electron chi connectivity index (χ2n) is 6.15. The zero-order chi connectivity index (χ0) is 19.1. The van der Waals surface area contributed by atoms with Crippen LogP contribution in [0.1, 0.15) is 5.56 Å². The lowest BCUT2D eigenvalue weighted by molar-refractivity contribution is -0.122. The number of hydrogen-bond acceptors (Lipinski definition) is 3. The van der Waals surface area contributed by atoms with Gasteiger partial charge in [0.25, 0.3) is 11.8 Å². The molecule has 4 amide bonds. The maximum atomic E-state index is 12.9. The molecule has 4 rings (SSSR count). The average molecular weight is 424 g/mol. The molecular formula is C20H14BrN3O3. The Morgan fingerprint density at radius 1 is 1.00 bits per heavy atom. The van der Waals surface area contributed by atoms with Crippen LogP contribution in [-0.2, 0) is 16.6 Å². The molecule has 1 aliphatic rings. The Morgan fingerprint density at radius 2 is 1.70 bits per heavy atom. The van der Waals surface area contributed by atoms with E-state index in [0.717, 1.165) is 25.8 Å². The number of aromatic nitrogens is 1. The number of halogens is 1. The van der Waals surface area contributed by atoms with E-state index in [4.69, 9.17) is 0 Å². The molecule has 1 saturated heterocycles. The molecule has 3 aromatic rings. The molecule has 0 aliphatic carbocycles. The van der Waals surface area contributed by atoms with Crippen LogP contribution in [0.15, 0.2) is 64.8 Å². The van der Waals surface area contributed by atoms with Gasteiger partial charge in [0.1, 0.15) is 5.57 Å². The molecule has 6 nitrogen and oxygen atoms in total. The summed E-state index contributed by atoms with van der Waals surface area (Å²) in [5, 5.41) is 3.16. The quantitative estimate of drug-likeness (QED) is 0.505. The summed E-state index contributed by atoms with van der Waals surface area (Å²) in [5.74, 6) is -1.36. The largest absolute Gasteiger partial charge is 0.350 e. The molecule has 0 bridgehead atoms. The standard InChI is InChI=1S/C20H14BrN3O3/c1-23-11-12(15-4-2-3-5-17(15)23)10-16-18(25)22-20(27)24(19(16)26)14-8-6-13(21)7-9-14/h2-11H,1H3,(H,22,25,27). The zero-order valence-electron chi connectivity index (χ0n) is 14.3. The van der Waals surface area contributed by atoms with E-state index in [1.54, 1.807) is 24.3 Å². The lowest BCUT2D eigenvalue weighted by atomic mass is 10.1. The van der Waals surface area contributed by atoms with Crippen molar-refractivity contribution in [1.82, 2.24) is 9.88 Å². The molecule has 0 saturated carbocycles. The van der Waals surface area contributed by atoms with Crippen LogP contribution in [0.4, 0.5) is 10.5 Å². The van der Waals surface area contributed by atoms with Gasteiger partial charge in [-0.25, -0.2) is 9.69 Å². The van der Waals surface area contributed by atoms with Gasteiger partial charge in [-0.05, 0) is 36.4 Å². The number of fused-ring (bicyclic) bond motifs is 1. The van der Waals surface area contributed by atoms with Gasteiger partial charge in [0.05, 0.1) is 5.69 Å². The van der Waals surface area contributed by atoms with Gasteiger partial charge in [-0.3, -0.25) is 14.9 Å². The number of urea groups is 1. The molecule has 0 radical (unpaired) electrons. The highest BCUT2D eigenvalue weighted by Crippen LogP contribution is 2.26. The van der Waals surface area contributed by atoms with E-state index < -0.39 is 17.8 Å². The van der Waals surface area contributed by atoms with Crippen LogP contribution in [0.25, 0.3) is 17.0 Å². The Balaban J connectivity index is 1.80. The van der Waals surface area contributed by atoms with Gasteiger partial charge in [-0.2, -0.15) is 0 Å². The third kappa shape index (κ3) is 2.96.